The molecule has 0 aromatic carbocycles. The lowest BCUT2D eigenvalue weighted by Crippen LogP contribution is -2.60. The second kappa shape index (κ2) is 2.96. The van der Waals surface area contributed by atoms with E-state index >= 15 is 0 Å². The van der Waals surface area contributed by atoms with Crippen LogP contribution in [0.15, 0.2) is 0 Å². The van der Waals surface area contributed by atoms with Gasteiger partial charge in [0.05, 0.1) is 12.2 Å². The van der Waals surface area contributed by atoms with Gasteiger partial charge in [-0.1, -0.05) is 26.7 Å². The number of aliphatic hydroxyl groups excluding tert-OH is 1. The molecule has 0 spiro atoms. The third-order valence-electron chi connectivity index (χ3n) is 4.39. The lowest BCUT2D eigenvalue weighted by molar-refractivity contribution is -0.205. The molecule has 0 atom stereocenters. The lowest BCUT2D eigenvalue weighted by Gasteiger charge is -2.58. The fourth-order valence-corrected chi connectivity index (χ4v) is 3.73. The Hall–Kier alpha value is -0.0800. The Labute approximate surface area is 86.3 Å². The molecule has 0 aromatic heterocycles. The second-order valence-electron chi connectivity index (χ2n) is 6.19. The van der Waals surface area contributed by atoms with Gasteiger partial charge in [0.25, 0.3) is 0 Å². The van der Waals surface area contributed by atoms with Gasteiger partial charge in [-0.15, -0.1) is 0 Å². The quantitative estimate of drug-likeness (QED) is 0.713. The van der Waals surface area contributed by atoms with E-state index in [-0.39, 0.29) is 17.4 Å². The summed E-state index contributed by atoms with van der Waals surface area (Å²) in [5.74, 6) is 0. The van der Waals surface area contributed by atoms with Gasteiger partial charge in [0.2, 0.25) is 0 Å². The van der Waals surface area contributed by atoms with Gasteiger partial charge in [-0.05, 0) is 31.1 Å². The van der Waals surface area contributed by atoms with Crippen LogP contribution in [0.2, 0.25) is 0 Å². The van der Waals surface area contributed by atoms with Crippen molar-refractivity contribution in [1.82, 2.24) is 0 Å². The van der Waals surface area contributed by atoms with E-state index in [2.05, 4.69) is 13.8 Å². The van der Waals surface area contributed by atoms with E-state index in [1.54, 1.807) is 0 Å². The second-order valence-corrected chi connectivity index (χ2v) is 6.19. The summed E-state index contributed by atoms with van der Waals surface area (Å²) in [6, 6.07) is 0. The van der Waals surface area contributed by atoms with E-state index < -0.39 is 5.60 Å². The van der Waals surface area contributed by atoms with Crippen LogP contribution in [0, 0.1) is 10.8 Å². The van der Waals surface area contributed by atoms with Gasteiger partial charge < -0.3 is 10.2 Å². The molecule has 2 nitrogen and oxygen atoms in total. The SMILES string of the molecule is CC1(C)CC(O)(C2(CO)CCCC2)C1. The summed E-state index contributed by atoms with van der Waals surface area (Å²) < 4.78 is 0. The summed E-state index contributed by atoms with van der Waals surface area (Å²) in [5, 5.41) is 20.1. The van der Waals surface area contributed by atoms with Gasteiger partial charge in [-0.2, -0.15) is 0 Å². The number of hydrogen-bond acceptors (Lipinski definition) is 2. The van der Waals surface area contributed by atoms with Gasteiger partial charge in [0, 0.05) is 5.41 Å². The molecule has 2 heteroatoms. The molecule has 2 N–H and O–H groups in total. The standard InChI is InChI=1S/C12H22O2/c1-10(2)7-12(14,8-10)11(9-13)5-3-4-6-11/h13-14H,3-9H2,1-2H3. The normalized spacial score (nSPS) is 32.6. The van der Waals surface area contributed by atoms with Crippen molar-refractivity contribution in [2.45, 2.75) is 58.0 Å². The van der Waals surface area contributed by atoms with Crippen molar-refractivity contribution in [2.75, 3.05) is 6.61 Å². The molecule has 0 radical (unpaired) electrons. The fraction of sp³-hybridized carbons (Fsp3) is 1.00. The first-order valence-electron chi connectivity index (χ1n) is 5.76. The molecule has 0 unspecified atom stereocenters. The summed E-state index contributed by atoms with van der Waals surface area (Å²) in [6.45, 7) is 4.56. The molecule has 0 aliphatic heterocycles. The first kappa shape index (κ1) is 10.4. The van der Waals surface area contributed by atoms with E-state index in [0.717, 1.165) is 25.7 Å². The Morgan fingerprint density at radius 1 is 1.07 bits per heavy atom. The summed E-state index contributed by atoms with van der Waals surface area (Å²) >= 11 is 0. The van der Waals surface area contributed by atoms with Gasteiger partial charge in [0.15, 0.2) is 0 Å². The number of aliphatic hydroxyl groups is 2. The molecule has 0 bridgehead atoms. The summed E-state index contributed by atoms with van der Waals surface area (Å²) in [4.78, 5) is 0. The minimum absolute atomic E-state index is 0.164. The van der Waals surface area contributed by atoms with Crippen LogP contribution < -0.4 is 0 Å². The highest BCUT2D eigenvalue weighted by Gasteiger charge is 2.60. The Morgan fingerprint density at radius 2 is 1.57 bits per heavy atom. The third-order valence-corrected chi connectivity index (χ3v) is 4.39. The van der Waals surface area contributed by atoms with E-state index in [1.807, 2.05) is 0 Å². The zero-order valence-electron chi connectivity index (χ0n) is 9.34. The van der Waals surface area contributed by atoms with Crippen LogP contribution in [0.1, 0.15) is 52.4 Å². The molecule has 0 saturated heterocycles. The van der Waals surface area contributed by atoms with Gasteiger partial charge in [-0.3, -0.25) is 0 Å². The van der Waals surface area contributed by atoms with Crippen LogP contribution in [-0.2, 0) is 0 Å². The summed E-state index contributed by atoms with van der Waals surface area (Å²) in [7, 11) is 0. The van der Waals surface area contributed by atoms with Crippen LogP contribution in [0.25, 0.3) is 0 Å². The zero-order chi connectivity index (χ0) is 10.4. The molecule has 2 fully saturated rings. The molecule has 2 aliphatic rings. The Bertz CT molecular complexity index is 218. The molecule has 0 amide bonds. The van der Waals surface area contributed by atoms with E-state index in [1.165, 1.54) is 12.8 Å². The highest BCUT2D eigenvalue weighted by molar-refractivity contribution is 5.11. The maximum Gasteiger partial charge on any atom is 0.0735 e. The molecule has 14 heavy (non-hydrogen) atoms. The van der Waals surface area contributed by atoms with Gasteiger partial charge >= 0.3 is 0 Å². The van der Waals surface area contributed by atoms with Crippen molar-refractivity contribution in [1.29, 1.82) is 0 Å². The monoisotopic (exact) mass is 198 g/mol. The lowest BCUT2D eigenvalue weighted by atomic mass is 9.51. The molecule has 2 saturated carbocycles. The van der Waals surface area contributed by atoms with E-state index in [4.69, 9.17) is 0 Å². The predicted molar refractivity (Wildman–Crippen MR) is 56.0 cm³/mol. The molecular weight excluding hydrogens is 176 g/mol. The number of rotatable bonds is 2. The Balaban J connectivity index is 2.13. The first-order chi connectivity index (χ1) is 6.43. The van der Waals surface area contributed by atoms with E-state index in [9.17, 15) is 10.2 Å². The largest absolute Gasteiger partial charge is 0.396 e. The molecule has 2 rings (SSSR count). The first-order valence-corrected chi connectivity index (χ1v) is 5.76. The van der Waals surface area contributed by atoms with Gasteiger partial charge in [-0.25, -0.2) is 0 Å². The van der Waals surface area contributed by atoms with Crippen molar-refractivity contribution in [3.05, 3.63) is 0 Å². The maximum atomic E-state index is 10.5. The highest BCUT2D eigenvalue weighted by Crippen LogP contribution is 2.60. The van der Waals surface area contributed by atoms with Crippen molar-refractivity contribution in [3.8, 4) is 0 Å². The fourth-order valence-electron chi connectivity index (χ4n) is 3.73. The third kappa shape index (κ3) is 1.31. The minimum atomic E-state index is -0.568. The number of hydrogen-bond donors (Lipinski definition) is 2. The molecular formula is C12H22O2. The van der Waals surface area contributed by atoms with Crippen LogP contribution in [0.5, 0.6) is 0 Å². The van der Waals surface area contributed by atoms with Crippen molar-refractivity contribution >= 4 is 0 Å². The van der Waals surface area contributed by atoms with Crippen molar-refractivity contribution in [2.24, 2.45) is 10.8 Å². The van der Waals surface area contributed by atoms with Crippen molar-refractivity contribution < 1.29 is 10.2 Å². The molecule has 0 aromatic rings. The van der Waals surface area contributed by atoms with Crippen LogP contribution >= 0.6 is 0 Å². The Kier molecular flexibility index (Phi) is 2.20. The van der Waals surface area contributed by atoms with Crippen LogP contribution in [-0.4, -0.2) is 22.4 Å². The highest BCUT2D eigenvalue weighted by atomic mass is 16.3. The Morgan fingerprint density at radius 3 is 1.93 bits per heavy atom. The molecule has 82 valence electrons. The summed E-state index contributed by atoms with van der Waals surface area (Å²) in [6.07, 6.45) is 6.08. The van der Waals surface area contributed by atoms with Crippen LogP contribution in [0.3, 0.4) is 0 Å². The van der Waals surface area contributed by atoms with E-state index in [0.29, 0.717) is 0 Å². The van der Waals surface area contributed by atoms with Crippen LogP contribution in [0.4, 0.5) is 0 Å². The average molecular weight is 198 g/mol. The molecule has 0 heterocycles. The van der Waals surface area contributed by atoms with Crippen molar-refractivity contribution in [3.63, 3.8) is 0 Å². The maximum absolute atomic E-state index is 10.5. The minimum Gasteiger partial charge on any atom is -0.396 e. The summed E-state index contributed by atoms with van der Waals surface area (Å²) in [5.41, 5.74) is -0.455. The zero-order valence-corrected chi connectivity index (χ0v) is 9.34. The smallest absolute Gasteiger partial charge is 0.0735 e. The topological polar surface area (TPSA) is 40.5 Å². The van der Waals surface area contributed by atoms with Gasteiger partial charge in [0.1, 0.15) is 0 Å². The average Bonchev–Trinajstić information content (AvgIpc) is 2.49. The molecule has 2 aliphatic carbocycles. The predicted octanol–water partition coefficient (Wildman–Crippen LogP) is 2.09.